The number of carbonyl (C=O) groups excluding carboxylic acids is 3. The van der Waals surface area contributed by atoms with E-state index in [-0.39, 0.29) is 43.9 Å². The fourth-order valence-corrected chi connectivity index (χ4v) is 10.9. The molecule has 250 valence electrons. The lowest BCUT2D eigenvalue weighted by Gasteiger charge is -2.37. The van der Waals surface area contributed by atoms with Crippen molar-refractivity contribution in [2.45, 2.75) is 62.7 Å². The Morgan fingerprint density at radius 3 is 2.54 bits per heavy atom. The minimum absolute atomic E-state index is 0.130. The van der Waals surface area contributed by atoms with Crippen molar-refractivity contribution >= 4 is 43.2 Å². The molecule has 11 heteroatoms. The maximum Gasteiger partial charge on any atom is 0.269 e. The van der Waals surface area contributed by atoms with E-state index in [0.29, 0.717) is 41.3 Å². The van der Waals surface area contributed by atoms with Crippen LogP contribution in [-0.2, 0) is 37.7 Å². The van der Waals surface area contributed by atoms with Crippen molar-refractivity contribution < 1.29 is 33.1 Å². The van der Waals surface area contributed by atoms with Crippen LogP contribution < -0.4 is 14.5 Å². The van der Waals surface area contributed by atoms with Crippen LogP contribution in [0.3, 0.4) is 0 Å². The fourth-order valence-electron chi connectivity index (χ4n) is 8.40. The molecule has 0 aromatic heterocycles. The largest absolute Gasteiger partial charge is 0.482 e. The standard InChI is InChI=1S/C37H40FN3O6Si/c1-5-16-39-29-15-14-26(41-30-12-8-9-13-31(30)46-22-34(41)44)18-28(29)37(36(39)45)23(2)35(48(3,4)38)32(47-37)19-33(43)40-20-25-11-7-6-10-24(25)17-27(40)21-42/h5-15,18,23,27,32,35,42H,1,16-17,19-22H2,2-4H3/t23-,27-,32+,35-,37+/m0/s1. The minimum atomic E-state index is -3.56. The maximum absolute atomic E-state index is 16.5. The van der Waals surface area contributed by atoms with Crippen molar-refractivity contribution in [3.8, 4) is 5.75 Å². The number of benzene rings is 3. The fraction of sp³-hybridized carbons (Fsp3) is 0.378. The van der Waals surface area contributed by atoms with Gasteiger partial charge in [0.05, 0.1) is 36.5 Å². The normalized spacial score (nSPS) is 26.3. The molecule has 0 aliphatic carbocycles. The number of anilines is 3. The molecule has 3 aromatic carbocycles. The molecule has 1 fully saturated rings. The molecule has 0 bridgehead atoms. The Kier molecular flexibility index (Phi) is 8.04. The molecule has 4 heterocycles. The lowest BCUT2D eigenvalue weighted by atomic mass is 9.82. The number of hydrogen-bond acceptors (Lipinski definition) is 6. The summed E-state index contributed by atoms with van der Waals surface area (Å²) >= 11 is 0. The highest BCUT2D eigenvalue weighted by Crippen LogP contribution is 2.61. The van der Waals surface area contributed by atoms with E-state index < -0.39 is 37.6 Å². The molecule has 1 spiro atoms. The van der Waals surface area contributed by atoms with Crippen LogP contribution >= 0.6 is 0 Å². The maximum atomic E-state index is 16.5. The van der Waals surface area contributed by atoms with Crippen molar-refractivity contribution in [3.63, 3.8) is 0 Å². The van der Waals surface area contributed by atoms with Gasteiger partial charge >= 0.3 is 0 Å². The molecular formula is C37H40FN3O6Si. The quantitative estimate of drug-likeness (QED) is 0.206. The van der Waals surface area contributed by atoms with Crippen molar-refractivity contribution in [1.82, 2.24) is 4.90 Å². The summed E-state index contributed by atoms with van der Waals surface area (Å²) in [4.78, 5) is 46.8. The van der Waals surface area contributed by atoms with Crippen molar-refractivity contribution in [3.05, 3.63) is 96.1 Å². The molecule has 48 heavy (non-hydrogen) atoms. The van der Waals surface area contributed by atoms with Gasteiger partial charge in [-0.2, -0.15) is 0 Å². The SMILES string of the molecule is C=CCN1C(=O)[C@]2(O[C@H](CC(=O)N3Cc4ccccc4C[C@H]3CO)[C@@H]([Si](C)(C)F)[C@@H]2C)c2cc(N3C(=O)COc4ccccc43)ccc21. The van der Waals surface area contributed by atoms with Crippen LogP contribution in [0.2, 0.25) is 18.6 Å². The van der Waals surface area contributed by atoms with Gasteiger partial charge in [0.2, 0.25) is 14.3 Å². The van der Waals surface area contributed by atoms with Gasteiger partial charge in [-0.1, -0.05) is 49.4 Å². The number of rotatable bonds is 7. The Balaban J connectivity index is 1.29. The highest BCUT2D eigenvalue weighted by molar-refractivity contribution is 6.72. The van der Waals surface area contributed by atoms with E-state index in [1.807, 2.05) is 43.3 Å². The molecule has 4 aliphatic rings. The second-order valence-electron chi connectivity index (χ2n) is 13.7. The van der Waals surface area contributed by atoms with Gasteiger partial charge in [-0.3, -0.25) is 19.3 Å². The number of nitrogens with zero attached hydrogens (tertiary/aromatic N) is 3. The van der Waals surface area contributed by atoms with Crippen LogP contribution in [0.4, 0.5) is 21.2 Å². The Morgan fingerprint density at radius 2 is 1.81 bits per heavy atom. The molecule has 0 unspecified atom stereocenters. The Labute approximate surface area is 280 Å². The summed E-state index contributed by atoms with van der Waals surface area (Å²) in [7, 11) is -3.56. The molecular weight excluding hydrogens is 630 g/mol. The molecule has 9 nitrogen and oxygen atoms in total. The first-order valence-corrected chi connectivity index (χ1v) is 19.4. The number of ether oxygens (including phenoxy) is 2. The lowest BCUT2D eigenvalue weighted by molar-refractivity contribution is -0.150. The lowest BCUT2D eigenvalue weighted by Crippen LogP contribution is -2.48. The number of halogens is 1. The van der Waals surface area contributed by atoms with Crippen LogP contribution in [0, 0.1) is 5.92 Å². The summed E-state index contributed by atoms with van der Waals surface area (Å²) in [6.07, 6.45) is 1.14. The average Bonchev–Trinajstić information content (AvgIpc) is 3.49. The van der Waals surface area contributed by atoms with Crippen molar-refractivity contribution in [1.29, 1.82) is 0 Å². The number of aliphatic hydroxyl groups excluding tert-OH is 1. The molecule has 1 saturated heterocycles. The van der Waals surface area contributed by atoms with E-state index in [4.69, 9.17) is 9.47 Å². The first-order chi connectivity index (χ1) is 23.0. The van der Waals surface area contributed by atoms with Gasteiger partial charge < -0.3 is 28.5 Å². The molecule has 0 radical (unpaired) electrons. The third kappa shape index (κ3) is 4.98. The Hall–Kier alpha value is -4.32. The number of carbonyl (C=O) groups is 3. The summed E-state index contributed by atoms with van der Waals surface area (Å²) in [5.41, 5.74) is 2.07. The summed E-state index contributed by atoms with van der Waals surface area (Å²) in [6.45, 7) is 9.10. The summed E-state index contributed by atoms with van der Waals surface area (Å²) in [6, 6.07) is 20.1. The highest BCUT2D eigenvalue weighted by atomic mass is 28.4. The molecule has 1 N–H and O–H groups in total. The Morgan fingerprint density at radius 1 is 1.08 bits per heavy atom. The molecule has 0 saturated carbocycles. The van der Waals surface area contributed by atoms with Crippen molar-refractivity contribution in [2.24, 2.45) is 5.92 Å². The van der Waals surface area contributed by atoms with Gasteiger partial charge in [-0.15, -0.1) is 6.58 Å². The van der Waals surface area contributed by atoms with Gasteiger partial charge in [0.1, 0.15) is 5.75 Å². The molecule has 5 atom stereocenters. The smallest absolute Gasteiger partial charge is 0.269 e. The zero-order chi connectivity index (χ0) is 34.0. The van der Waals surface area contributed by atoms with Gasteiger partial charge in [-0.05, 0) is 61.0 Å². The first kappa shape index (κ1) is 32.2. The third-order valence-corrected chi connectivity index (χ3v) is 12.9. The number of aliphatic hydroxyl groups is 1. The van der Waals surface area contributed by atoms with Gasteiger partial charge in [0, 0.05) is 35.8 Å². The monoisotopic (exact) mass is 669 g/mol. The third-order valence-electron chi connectivity index (χ3n) is 10.5. The van der Waals surface area contributed by atoms with Crippen LogP contribution in [-0.4, -0.2) is 68.0 Å². The summed E-state index contributed by atoms with van der Waals surface area (Å²) in [5.74, 6) is -0.919. The van der Waals surface area contributed by atoms with Crippen LogP contribution in [0.25, 0.3) is 0 Å². The van der Waals surface area contributed by atoms with Gasteiger partial charge in [-0.25, -0.2) is 0 Å². The molecule has 7 rings (SSSR count). The molecule has 4 aliphatic heterocycles. The minimum Gasteiger partial charge on any atom is -0.482 e. The van der Waals surface area contributed by atoms with E-state index in [9.17, 15) is 19.5 Å². The summed E-state index contributed by atoms with van der Waals surface area (Å²) in [5, 5.41) is 10.3. The first-order valence-electron chi connectivity index (χ1n) is 16.5. The Bertz CT molecular complexity index is 1810. The number of hydrogen-bond donors (Lipinski definition) is 1. The van der Waals surface area contributed by atoms with Crippen LogP contribution in [0.1, 0.15) is 30.0 Å². The topological polar surface area (TPSA) is 99.6 Å². The van der Waals surface area contributed by atoms with Crippen LogP contribution in [0.5, 0.6) is 5.75 Å². The molecule has 3 aromatic rings. The summed E-state index contributed by atoms with van der Waals surface area (Å²) < 4.78 is 29.0. The van der Waals surface area contributed by atoms with E-state index in [0.717, 1.165) is 11.1 Å². The van der Waals surface area contributed by atoms with E-state index in [1.54, 1.807) is 64.2 Å². The predicted octanol–water partition coefficient (Wildman–Crippen LogP) is 5.39. The second-order valence-corrected chi connectivity index (χ2v) is 17.5. The van der Waals surface area contributed by atoms with Crippen LogP contribution in [0.15, 0.2) is 79.4 Å². The van der Waals surface area contributed by atoms with E-state index in [2.05, 4.69) is 6.58 Å². The van der Waals surface area contributed by atoms with Gasteiger partial charge in [0.15, 0.2) is 12.2 Å². The zero-order valence-corrected chi connectivity index (χ0v) is 28.4. The predicted molar refractivity (Wildman–Crippen MR) is 182 cm³/mol. The highest BCUT2D eigenvalue weighted by Gasteiger charge is 2.67. The number of para-hydroxylation sites is 2. The zero-order valence-electron chi connectivity index (χ0n) is 27.4. The average molecular weight is 670 g/mol. The number of amides is 3. The van der Waals surface area contributed by atoms with E-state index >= 15 is 4.11 Å². The van der Waals surface area contributed by atoms with E-state index in [1.165, 1.54) is 0 Å². The van der Waals surface area contributed by atoms with Gasteiger partial charge in [0.25, 0.3) is 11.8 Å². The van der Waals surface area contributed by atoms with Crippen molar-refractivity contribution in [2.75, 3.05) is 29.6 Å². The second kappa shape index (κ2) is 12.0. The number of fused-ring (bicyclic) bond motifs is 4. The molecule has 3 amide bonds.